The minimum absolute atomic E-state index is 0.783. The second-order valence-corrected chi connectivity index (χ2v) is 6.70. The second kappa shape index (κ2) is 7.42. The summed E-state index contributed by atoms with van der Waals surface area (Å²) in [7, 11) is 0. The number of hydrogen-bond acceptors (Lipinski definition) is 5. The van der Waals surface area contributed by atoms with Crippen molar-refractivity contribution in [3.8, 4) is 0 Å². The van der Waals surface area contributed by atoms with E-state index in [0.29, 0.717) is 0 Å². The van der Waals surface area contributed by atoms with Crippen LogP contribution in [-0.4, -0.2) is 15.0 Å². The second-order valence-electron chi connectivity index (χ2n) is 5.80. The van der Waals surface area contributed by atoms with Crippen LogP contribution in [0.3, 0.4) is 0 Å². The Morgan fingerprint density at radius 3 is 2.08 bits per heavy atom. The molecule has 1 N–H and O–H groups in total. The van der Waals surface area contributed by atoms with Gasteiger partial charge in [-0.05, 0) is 22.6 Å². The van der Waals surface area contributed by atoms with Crippen molar-refractivity contribution < 1.29 is 0 Å². The van der Waals surface area contributed by atoms with Crippen LogP contribution in [0.5, 0.6) is 0 Å². The quantitative estimate of drug-likeness (QED) is 0.513. The molecule has 4 rings (SSSR count). The van der Waals surface area contributed by atoms with Crippen molar-refractivity contribution in [3.05, 3.63) is 89.6 Å². The number of hydrogen-bond donors (Lipinski definition) is 1. The molecule has 0 aliphatic rings. The Kier molecular flexibility index (Phi) is 4.68. The van der Waals surface area contributed by atoms with E-state index in [-0.39, 0.29) is 0 Å². The van der Waals surface area contributed by atoms with Crippen LogP contribution in [-0.2, 0) is 13.1 Å². The zero-order valence-corrected chi connectivity index (χ0v) is 14.5. The van der Waals surface area contributed by atoms with Crippen LogP contribution >= 0.6 is 11.3 Å². The van der Waals surface area contributed by atoms with Crippen LogP contribution < -0.4 is 5.43 Å². The third-order valence-corrected chi connectivity index (χ3v) is 4.78. The van der Waals surface area contributed by atoms with Crippen molar-refractivity contribution in [2.75, 3.05) is 5.43 Å². The molecule has 0 spiro atoms. The predicted molar refractivity (Wildman–Crippen MR) is 103 cm³/mol. The summed E-state index contributed by atoms with van der Waals surface area (Å²) in [4.78, 5) is 9.77. The smallest absolute Gasteiger partial charge is 0.152 e. The number of hydrazine groups is 1. The van der Waals surface area contributed by atoms with Gasteiger partial charge in [0.15, 0.2) is 5.82 Å². The molecule has 0 unspecified atom stereocenters. The SMILES string of the molecule is c1ccc(CN(Cc2ccccc2)Nc2ncnc3sccc23)cc1. The van der Waals surface area contributed by atoms with E-state index in [0.717, 1.165) is 29.1 Å². The summed E-state index contributed by atoms with van der Waals surface area (Å²) in [5.41, 5.74) is 6.00. The fourth-order valence-electron chi connectivity index (χ4n) is 2.77. The highest BCUT2D eigenvalue weighted by Crippen LogP contribution is 2.24. The summed E-state index contributed by atoms with van der Waals surface area (Å²) in [6.07, 6.45) is 1.62. The molecule has 5 heteroatoms. The first-order valence-electron chi connectivity index (χ1n) is 8.16. The lowest BCUT2D eigenvalue weighted by Gasteiger charge is -2.24. The monoisotopic (exact) mass is 346 g/mol. The average Bonchev–Trinajstić information content (AvgIpc) is 3.13. The van der Waals surface area contributed by atoms with E-state index >= 15 is 0 Å². The third kappa shape index (κ3) is 3.84. The van der Waals surface area contributed by atoms with Crippen LogP contribution in [0.4, 0.5) is 5.82 Å². The zero-order chi connectivity index (χ0) is 16.9. The highest BCUT2D eigenvalue weighted by atomic mass is 32.1. The molecule has 0 fully saturated rings. The third-order valence-electron chi connectivity index (χ3n) is 3.96. The lowest BCUT2D eigenvalue weighted by molar-refractivity contribution is 0.313. The molecule has 0 saturated heterocycles. The fourth-order valence-corrected chi connectivity index (χ4v) is 3.50. The molecule has 0 atom stereocenters. The van der Waals surface area contributed by atoms with Crippen LogP contribution in [0.1, 0.15) is 11.1 Å². The van der Waals surface area contributed by atoms with Gasteiger partial charge in [0.2, 0.25) is 0 Å². The van der Waals surface area contributed by atoms with Gasteiger partial charge in [-0.3, -0.25) is 0 Å². The van der Waals surface area contributed by atoms with Gasteiger partial charge in [0.05, 0.1) is 5.39 Å². The molecule has 0 saturated carbocycles. The topological polar surface area (TPSA) is 41.0 Å². The maximum Gasteiger partial charge on any atom is 0.152 e. The van der Waals surface area contributed by atoms with E-state index in [1.807, 2.05) is 17.5 Å². The van der Waals surface area contributed by atoms with Gasteiger partial charge in [0, 0.05) is 13.1 Å². The maximum atomic E-state index is 4.44. The Morgan fingerprint density at radius 1 is 0.800 bits per heavy atom. The Hall–Kier alpha value is -2.76. The summed E-state index contributed by atoms with van der Waals surface area (Å²) < 4.78 is 0. The van der Waals surface area contributed by atoms with Crippen molar-refractivity contribution in [1.29, 1.82) is 0 Å². The largest absolute Gasteiger partial charge is 0.302 e. The number of fused-ring (bicyclic) bond motifs is 1. The summed E-state index contributed by atoms with van der Waals surface area (Å²) >= 11 is 1.63. The van der Waals surface area contributed by atoms with Gasteiger partial charge in [-0.2, -0.15) is 0 Å². The molecule has 2 aromatic carbocycles. The van der Waals surface area contributed by atoms with E-state index < -0.39 is 0 Å². The Labute approximate surface area is 150 Å². The lowest BCUT2D eigenvalue weighted by Crippen LogP contribution is -2.29. The molecule has 25 heavy (non-hydrogen) atoms. The zero-order valence-electron chi connectivity index (χ0n) is 13.7. The maximum absolute atomic E-state index is 4.44. The van der Waals surface area contributed by atoms with Gasteiger partial charge < -0.3 is 5.43 Å². The van der Waals surface area contributed by atoms with Gasteiger partial charge in [-0.15, -0.1) is 11.3 Å². The number of anilines is 1. The molecule has 0 radical (unpaired) electrons. The first-order chi connectivity index (χ1) is 12.4. The Morgan fingerprint density at radius 2 is 1.44 bits per heavy atom. The normalized spacial score (nSPS) is 11.1. The van der Waals surface area contributed by atoms with Crippen LogP contribution in [0.25, 0.3) is 10.2 Å². The molecular formula is C20H18N4S. The van der Waals surface area contributed by atoms with E-state index in [1.165, 1.54) is 11.1 Å². The van der Waals surface area contributed by atoms with Gasteiger partial charge in [-0.25, -0.2) is 15.0 Å². The first-order valence-corrected chi connectivity index (χ1v) is 9.04. The van der Waals surface area contributed by atoms with Gasteiger partial charge in [-0.1, -0.05) is 60.7 Å². The Balaban J connectivity index is 1.61. The number of thiophene rings is 1. The van der Waals surface area contributed by atoms with Gasteiger partial charge in [0.25, 0.3) is 0 Å². The molecule has 4 nitrogen and oxygen atoms in total. The van der Waals surface area contributed by atoms with Crippen molar-refractivity contribution in [2.24, 2.45) is 0 Å². The molecular weight excluding hydrogens is 328 g/mol. The Bertz CT molecular complexity index is 896. The number of nitrogens with zero attached hydrogens (tertiary/aromatic N) is 3. The minimum atomic E-state index is 0.783. The lowest BCUT2D eigenvalue weighted by atomic mass is 10.2. The molecule has 0 aliphatic heterocycles. The first kappa shape index (κ1) is 15.7. The predicted octanol–water partition coefficient (Wildman–Crippen LogP) is 4.72. The van der Waals surface area contributed by atoms with Crippen LogP contribution in [0, 0.1) is 0 Å². The van der Waals surface area contributed by atoms with Crippen molar-refractivity contribution in [1.82, 2.24) is 15.0 Å². The van der Waals surface area contributed by atoms with Crippen molar-refractivity contribution in [3.63, 3.8) is 0 Å². The molecule has 4 aromatic rings. The fraction of sp³-hybridized carbons (Fsp3) is 0.100. The van der Waals surface area contributed by atoms with Crippen molar-refractivity contribution >= 4 is 27.4 Å². The molecule has 2 aromatic heterocycles. The van der Waals surface area contributed by atoms with E-state index in [2.05, 4.69) is 75.0 Å². The van der Waals surface area contributed by atoms with E-state index in [1.54, 1.807) is 17.7 Å². The highest BCUT2D eigenvalue weighted by molar-refractivity contribution is 7.16. The standard InChI is InChI=1S/C20H18N4S/c1-3-7-16(8-4-1)13-24(14-17-9-5-2-6-10-17)23-19-18-11-12-25-20(18)22-15-21-19/h1-12,15H,13-14H2,(H,21,22,23). The number of benzene rings is 2. The summed E-state index contributed by atoms with van der Waals surface area (Å²) in [5, 5.41) is 5.28. The number of aromatic nitrogens is 2. The minimum Gasteiger partial charge on any atom is -0.302 e. The van der Waals surface area contributed by atoms with E-state index in [9.17, 15) is 0 Å². The average molecular weight is 346 g/mol. The van der Waals surface area contributed by atoms with Crippen molar-refractivity contribution in [2.45, 2.75) is 13.1 Å². The van der Waals surface area contributed by atoms with Gasteiger partial charge in [0.1, 0.15) is 11.2 Å². The summed E-state index contributed by atoms with van der Waals surface area (Å²) in [5.74, 6) is 0.845. The molecule has 2 heterocycles. The molecule has 0 bridgehead atoms. The number of rotatable bonds is 6. The van der Waals surface area contributed by atoms with E-state index in [4.69, 9.17) is 0 Å². The molecule has 0 aliphatic carbocycles. The van der Waals surface area contributed by atoms with Gasteiger partial charge >= 0.3 is 0 Å². The van der Waals surface area contributed by atoms with Crippen LogP contribution in [0.15, 0.2) is 78.4 Å². The summed E-state index contributed by atoms with van der Waals surface area (Å²) in [6.45, 7) is 1.57. The highest BCUT2D eigenvalue weighted by Gasteiger charge is 2.11. The summed E-state index contributed by atoms with van der Waals surface area (Å²) in [6, 6.07) is 23.0. The molecule has 124 valence electrons. The van der Waals surface area contributed by atoms with Crippen LogP contribution in [0.2, 0.25) is 0 Å². The number of nitrogens with one attached hydrogen (secondary N) is 1. The molecule has 0 amide bonds.